The fraction of sp³-hybridized carbons (Fsp3) is 0.250. The Morgan fingerprint density at radius 3 is 3.08 bits per heavy atom. The van der Waals surface area contributed by atoms with Gasteiger partial charge in [-0.2, -0.15) is 9.65 Å². The van der Waals surface area contributed by atoms with E-state index >= 15 is 0 Å². The Kier molecular flexibility index (Phi) is 2.72. The van der Waals surface area contributed by atoms with Gasteiger partial charge in [-0.3, -0.25) is 0 Å². The molecule has 0 fully saturated rings. The molecule has 1 heterocycles. The summed E-state index contributed by atoms with van der Waals surface area (Å²) in [5.41, 5.74) is 0.479. The Morgan fingerprint density at radius 1 is 1.75 bits per heavy atom. The van der Waals surface area contributed by atoms with Gasteiger partial charge in [0.05, 0.1) is 6.61 Å². The van der Waals surface area contributed by atoms with Gasteiger partial charge in [-0.05, 0) is 6.07 Å². The first-order valence-electron chi connectivity index (χ1n) is 3.32. The molecule has 0 aliphatic carbocycles. The highest BCUT2D eigenvalue weighted by atomic mass is 19.1. The normalized spacial score (nSPS) is 9.42. The van der Waals surface area contributed by atoms with E-state index in [-0.39, 0.29) is 12.2 Å². The summed E-state index contributed by atoms with van der Waals surface area (Å²) in [6.07, 6.45) is 1.31. The van der Waals surface area contributed by atoms with Gasteiger partial charge in [0.1, 0.15) is 11.6 Å². The molecular formula is C8H7FN2O. The zero-order valence-corrected chi connectivity index (χ0v) is 6.54. The molecule has 1 aromatic rings. The molecule has 0 saturated carbocycles. The van der Waals surface area contributed by atoms with Crippen molar-refractivity contribution in [3.8, 4) is 6.07 Å². The lowest BCUT2D eigenvalue weighted by atomic mass is 10.1. The summed E-state index contributed by atoms with van der Waals surface area (Å²) in [5.74, 6) is -0.743. The summed E-state index contributed by atoms with van der Waals surface area (Å²) in [6.45, 7) is 0.225. The maximum Gasteiger partial charge on any atom is 0.231 e. The van der Waals surface area contributed by atoms with Crippen molar-refractivity contribution in [1.82, 2.24) is 4.98 Å². The van der Waals surface area contributed by atoms with Crippen molar-refractivity contribution in [2.75, 3.05) is 7.11 Å². The lowest BCUT2D eigenvalue weighted by Crippen LogP contribution is -1.97. The Hall–Kier alpha value is -1.47. The summed E-state index contributed by atoms with van der Waals surface area (Å²) in [7, 11) is 1.49. The van der Waals surface area contributed by atoms with E-state index in [1.165, 1.54) is 13.3 Å². The number of nitriles is 1. The molecule has 1 rings (SSSR count). The molecule has 0 radical (unpaired) electrons. The maximum absolute atomic E-state index is 12.8. The van der Waals surface area contributed by atoms with E-state index in [0.29, 0.717) is 5.56 Å². The van der Waals surface area contributed by atoms with Crippen molar-refractivity contribution in [2.45, 2.75) is 6.61 Å². The van der Waals surface area contributed by atoms with Gasteiger partial charge in [0.25, 0.3) is 0 Å². The van der Waals surface area contributed by atoms with Crippen molar-refractivity contribution < 1.29 is 9.13 Å². The van der Waals surface area contributed by atoms with E-state index in [9.17, 15) is 4.39 Å². The van der Waals surface area contributed by atoms with E-state index in [4.69, 9.17) is 10.00 Å². The molecule has 0 aliphatic heterocycles. The fourth-order valence-corrected chi connectivity index (χ4v) is 0.867. The minimum absolute atomic E-state index is 0.0423. The van der Waals surface area contributed by atoms with Gasteiger partial charge in [-0.15, -0.1) is 0 Å². The molecule has 1 aromatic heterocycles. The highest BCUT2D eigenvalue weighted by molar-refractivity contribution is 5.35. The lowest BCUT2D eigenvalue weighted by Gasteiger charge is -2.00. The van der Waals surface area contributed by atoms with Crippen LogP contribution in [0.3, 0.4) is 0 Å². The highest BCUT2D eigenvalue weighted by Crippen LogP contribution is 2.10. The molecule has 0 atom stereocenters. The van der Waals surface area contributed by atoms with Crippen LogP contribution in [-0.4, -0.2) is 12.1 Å². The maximum atomic E-state index is 12.8. The fourth-order valence-electron chi connectivity index (χ4n) is 0.867. The number of pyridine rings is 1. The van der Waals surface area contributed by atoms with Crippen molar-refractivity contribution in [3.05, 3.63) is 29.3 Å². The van der Waals surface area contributed by atoms with Gasteiger partial charge < -0.3 is 4.74 Å². The molecule has 62 valence electrons. The van der Waals surface area contributed by atoms with Gasteiger partial charge >= 0.3 is 0 Å². The quantitative estimate of drug-likeness (QED) is 0.621. The largest absolute Gasteiger partial charge is 0.380 e. The van der Waals surface area contributed by atoms with Crippen molar-refractivity contribution in [1.29, 1.82) is 5.26 Å². The third-order valence-corrected chi connectivity index (χ3v) is 1.40. The van der Waals surface area contributed by atoms with Crippen molar-refractivity contribution >= 4 is 0 Å². The zero-order valence-electron chi connectivity index (χ0n) is 6.54. The first-order chi connectivity index (χ1) is 5.79. The van der Waals surface area contributed by atoms with Crippen LogP contribution in [0.4, 0.5) is 4.39 Å². The van der Waals surface area contributed by atoms with Crippen LogP contribution >= 0.6 is 0 Å². The molecule has 12 heavy (non-hydrogen) atoms. The summed E-state index contributed by atoms with van der Waals surface area (Å²) >= 11 is 0. The number of aromatic nitrogens is 1. The molecule has 0 aromatic carbocycles. The van der Waals surface area contributed by atoms with E-state index in [1.807, 2.05) is 0 Å². The zero-order chi connectivity index (χ0) is 8.97. The lowest BCUT2D eigenvalue weighted by molar-refractivity contribution is 0.184. The number of methoxy groups -OCH3 is 1. The number of nitrogens with zero attached hydrogens (tertiary/aromatic N) is 2. The number of hydrogen-bond acceptors (Lipinski definition) is 3. The second kappa shape index (κ2) is 3.79. The molecule has 0 bridgehead atoms. The topological polar surface area (TPSA) is 45.9 Å². The second-order valence-electron chi connectivity index (χ2n) is 2.18. The Morgan fingerprint density at radius 2 is 2.50 bits per heavy atom. The predicted molar refractivity (Wildman–Crippen MR) is 39.6 cm³/mol. The highest BCUT2D eigenvalue weighted by Gasteiger charge is 2.07. The smallest absolute Gasteiger partial charge is 0.231 e. The van der Waals surface area contributed by atoms with Gasteiger partial charge in [0, 0.05) is 18.9 Å². The van der Waals surface area contributed by atoms with Crippen LogP contribution in [0.1, 0.15) is 11.1 Å². The minimum atomic E-state index is -0.743. The Bertz CT molecular complexity index is 319. The molecule has 4 heteroatoms. The molecule has 0 N–H and O–H groups in total. The Labute approximate surface area is 69.4 Å². The summed E-state index contributed by atoms with van der Waals surface area (Å²) in [5, 5.41) is 8.54. The van der Waals surface area contributed by atoms with Crippen molar-refractivity contribution in [3.63, 3.8) is 0 Å². The van der Waals surface area contributed by atoms with Crippen LogP contribution in [0.15, 0.2) is 12.3 Å². The predicted octanol–water partition coefficient (Wildman–Crippen LogP) is 1.24. The van der Waals surface area contributed by atoms with Crippen LogP contribution in [0, 0.1) is 17.3 Å². The van der Waals surface area contributed by atoms with Gasteiger partial charge in [-0.25, -0.2) is 4.98 Å². The monoisotopic (exact) mass is 166 g/mol. The third kappa shape index (κ3) is 1.57. The first-order valence-corrected chi connectivity index (χ1v) is 3.32. The third-order valence-electron chi connectivity index (χ3n) is 1.40. The number of hydrogen-bond donors (Lipinski definition) is 0. The molecule has 0 spiro atoms. The number of rotatable bonds is 2. The van der Waals surface area contributed by atoms with Crippen molar-refractivity contribution in [2.24, 2.45) is 0 Å². The Balaban J connectivity index is 3.11. The number of halogens is 1. The number of ether oxygens (including phenoxy) is 1. The molecule has 3 nitrogen and oxygen atoms in total. The van der Waals surface area contributed by atoms with Crippen LogP contribution in [0.5, 0.6) is 0 Å². The van der Waals surface area contributed by atoms with E-state index in [1.54, 1.807) is 12.1 Å². The van der Waals surface area contributed by atoms with Gasteiger partial charge in [-0.1, -0.05) is 0 Å². The standard InChI is InChI=1S/C8H7FN2O/c1-12-5-6-2-3-11-8(9)7(6)4-10/h2-3H,5H2,1H3. The van der Waals surface area contributed by atoms with E-state index in [0.717, 1.165) is 0 Å². The van der Waals surface area contributed by atoms with E-state index in [2.05, 4.69) is 4.98 Å². The first kappa shape index (κ1) is 8.62. The molecule has 0 aliphatic rings. The molecule has 0 amide bonds. The average Bonchev–Trinajstić information content (AvgIpc) is 2.05. The van der Waals surface area contributed by atoms with E-state index < -0.39 is 5.95 Å². The minimum Gasteiger partial charge on any atom is -0.380 e. The second-order valence-corrected chi connectivity index (χ2v) is 2.18. The SMILES string of the molecule is COCc1ccnc(F)c1C#N. The summed E-state index contributed by atoms with van der Waals surface area (Å²) in [6, 6.07) is 3.29. The van der Waals surface area contributed by atoms with Crippen LogP contribution in [0.25, 0.3) is 0 Å². The van der Waals surface area contributed by atoms with Gasteiger partial charge in [0.2, 0.25) is 5.95 Å². The molecular weight excluding hydrogens is 159 g/mol. The van der Waals surface area contributed by atoms with Gasteiger partial charge in [0.15, 0.2) is 0 Å². The summed E-state index contributed by atoms with van der Waals surface area (Å²) in [4.78, 5) is 3.35. The molecule has 0 unspecified atom stereocenters. The van der Waals surface area contributed by atoms with Crippen LogP contribution < -0.4 is 0 Å². The summed E-state index contributed by atoms with van der Waals surface area (Å²) < 4.78 is 17.6. The van der Waals surface area contributed by atoms with Crippen LogP contribution in [-0.2, 0) is 11.3 Å². The molecule has 0 saturated heterocycles. The average molecular weight is 166 g/mol. The van der Waals surface area contributed by atoms with Crippen LogP contribution in [0.2, 0.25) is 0 Å².